The number of thiophene rings is 1. The van der Waals surface area contributed by atoms with E-state index in [1.54, 1.807) is 17.4 Å². The minimum Gasteiger partial charge on any atom is -0.377 e. The van der Waals surface area contributed by atoms with Crippen molar-refractivity contribution in [1.82, 2.24) is 0 Å². The topological polar surface area (TPSA) is 55.2 Å². The number of aryl methyl sites for hydroxylation is 1. The number of nitro benzene ring substituents is 1. The van der Waals surface area contributed by atoms with Crippen LogP contribution in [0.1, 0.15) is 36.2 Å². The van der Waals surface area contributed by atoms with E-state index in [0.29, 0.717) is 12.3 Å². The Bertz CT molecular complexity index is 636. The molecule has 1 saturated carbocycles. The number of anilines is 1. The van der Waals surface area contributed by atoms with E-state index in [-0.39, 0.29) is 16.7 Å². The lowest BCUT2D eigenvalue weighted by molar-refractivity contribution is -0.385. The molecular weight excluding hydrogens is 284 g/mol. The highest BCUT2D eigenvalue weighted by molar-refractivity contribution is 7.10. The van der Waals surface area contributed by atoms with E-state index in [1.807, 2.05) is 19.1 Å². The van der Waals surface area contributed by atoms with Crippen LogP contribution < -0.4 is 5.32 Å². The summed E-state index contributed by atoms with van der Waals surface area (Å²) in [6.07, 6.45) is 3.13. The molecule has 4 nitrogen and oxygen atoms in total. The fourth-order valence-electron chi connectivity index (χ4n) is 2.62. The van der Waals surface area contributed by atoms with E-state index >= 15 is 0 Å². The predicted molar refractivity (Wildman–Crippen MR) is 85.9 cm³/mol. The van der Waals surface area contributed by atoms with Crippen LogP contribution in [0.2, 0.25) is 0 Å². The summed E-state index contributed by atoms with van der Waals surface area (Å²) in [5.41, 5.74) is 1.83. The van der Waals surface area contributed by atoms with Crippen LogP contribution in [0, 0.1) is 16.0 Å². The molecule has 2 aromatic rings. The number of nitrogens with zero attached hydrogens (tertiary/aromatic N) is 1. The van der Waals surface area contributed by atoms with Crippen LogP contribution >= 0.6 is 11.3 Å². The molecule has 1 aromatic heterocycles. The van der Waals surface area contributed by atoms with E-state index < -0.39 is 0 Å². The number of hydrogen-bond donors (Lipinski definition) is 1. The molecule has 1 aliphatic carbocycles. The minimum atomic E-state index is -0.290. The van der Waals surface area contributed by atoms with Gasteiger partial charge in [0.25, 0.3) is 5.69 Å². The molecule has 0 spiro atoms. The smallest absolute Gasteiger partial charge is 0.274 e. The second-order valence-corrected chi connectivity index (χ2v) is 6.41. The molecule has 1 aliphatic rings. The Morgan fingerprint density at radius 1 is 1.43 bits per heavy atom. The van der Waals surface area contributed by atoms with Gasteiger partial charge in [-0.15, -0.1) is 11.3 Å². The molecule has 1 unspecified atom stereocenters. The van der Waals surface area contributed by atoms with Gasteiger partial charge in [-0.2, -0.15) is 0 Å². The molecule has 1 atom stereocenters. The van der Waals surface area contributed by atoms with Gasteiger partial charge in [0.15, 0.2) is 0 Å². The van der Waals surface area contributed by atoms with E-state index in [4.69, 9.17) is 0 Å². The van der Waals surface area contributed by atoms with Gasteiger partial charge in [0.2, 0.25) is 0 Å². The van der Waals surface area contributed by atoms with Gasteiger partial charge < -0.3 is 5.32 Å². The molecule has 0 amide bonds. The summed E-state index contributed by atoms with van der Waals surface area (Å²) in [5.74, 6) is 0.647. The van der Waals surface area contributed by atoms with Crippen molar-refractivity contribution in [2.75, 3.05) is 5.32 Å². The van der Waals surface area contributed by atoms with Gasteiger partial charge in [-0.05, 0) is 42.7 Å². The van der Waals surface area contributed by atoms with Crippen molar-refractivity contribution in [2.45, 2.75) is 32.2 Å². The third-order valence-corrected chi connectivity index (χ3v) is 4.88. The molecule has 0 bridgehead atoms. The molecule has 0 radical (unpaired) electrons. The fourth-order valence-corrected chi connectivity index (χ4v) is 3.49. The first-order valence-electron chi connectivity index (χ1n) is 7.26. The van der Waals surface area contributed by atoms with Crippen LogP contribution in [0.25, 0.3) is 0 Å². The average molecular weight is 302 g/mol. The van der Waals surface area contributed by atoms with Crippen molar-refractivity contribution in [2.24, 2.45) is 5.92 Å². The zero-order valence-corrected chi connectivity index (χ0v) is 12.7. The zero-order chi connectivity index (χ0) is 14.8. The van der Waals surface area contributed by atoms with Gasteiger partial charge in [0.1, 0.15) is 0 Å². The molecule has 1 aromatic carbocycles. The van der Waals surface area contributed by atoms with E-state index in [1.165, 1.54) is 17.7 Å². The van der Waals surface area contributed by atoms with Gasteiger partial charge in [-0.25, -0.2) is 0 Å². The van der Waals surface area contributed by atoms with E-state index in [9.17, 15) is 10.1 Å². The van der Waals surface area contributed by atoms with Crippen molar-refractivity contribution < 1.29 is 4.92 Å². The second-order valence-electron chi connectivity index (χ2n) is 5.43. The predicted octanol–water partition coefficient (Wildman–Crippen LogP) is 4.78. The first-order valence-corrected chi connectivity index (χ1v) is 8.14. The highest BCUT2D eigenvalue weighted by Crippen LogP contribution is 2.44. The molecule has 0 saturated heterocycles. The molecule has 1 N–H and O–H groups in total. The summed E-state index contributed by atoms with van der Waals surface area (Å²) < 4.78 is 0. The van der Waals surface area contributed by atoms with Crippen molar-refractivity contribution in [3.05, 3.63) is 56.3 Å². The van der Waals surface area contributed by atoms with Crippen molar-refractivity contribution in [3.8, 4) is 0 Å². The number of hydrogen-bond acceptors (Lipinski definition) is 4. The Labute approximate surface area is 128 Å². The summed E-state index contributed by atoms with van der Waals surface area (Å²) in [6.45, 7) is 1.94. The fraction of sp³-hybridized carbons (Fsp3) is 0.375. The SMILES string of the molecule is CCc1ccc(NC(c2cccs2)C2CC2)cc1[N+](=O)[O-]. The Balaban J connectivity index is 1.86. The van der Waals surface area contributed by atoms with Gasteiger partial charge in [-0.1, -0.05) is 19.1 Å². The number of nitrogens with one attached hydrogen (secondary N) is 1. The maximum Gasteiger partial charge on any atom is 0.274 e. The highest BCUT2D eigenvalue weighted by Gasteiger charge is 2.33. The molecule has 1 fully saturated rings. The molecule has 1 heterocycles. The largest absolute Gasteiger partial charge is 0.377 e. The quantitative estimate of drug-likeness (QED) is 0.617. The van der Waals surface area contributed by atoms with Gasteiger partial charge in [-0.3, -0.25) is 10.1 Å². The Kier molecular flexibility index (Phi) is 3.92. The Morgan fingerprint density at radius 2 is 2.24 bits per heavy atom. The molecular formula is C16H18N2O2S. The molecule has 0 aliphatic heterocycles. The van der Waals surface area contributed by atoms with Gasteiger partial charge in [0, 0.05) is 22.2 Å². The number of rotatable bonds is 6. The van der Waals surface area contributed by atoms with Crippen LogP contribution in [0.3, 0.4) is 0 Å². The lowest BCUT2D eigenvalue weighted by Crippen LogP contribution is -2.11. The lowest BCUT2D eigenvalue weighted by Gasteiger charge is -2.18. The van der Waals surface area contributed by atoms with Crippen LogP contribution in [0.4, 0.5) is 11.4 Å². The summed E-state index contributed by atoms with van der Waals surface area (Å²) in [4.78, 5) is 12.2. The number of nitro groups is 1. The molecule has 5 heteroatoms. The standard InChI is InChI=1S/C16H18N2O2S/c1-2-11-7-8-13(10-14(11)18(19)20)17-16(12-5-6-12)15-4-3-9-21-15/h3-4,7-10,12,16-17H,2,5-6H2,1H3. The number of benzene rings is 1. The summed E-state index contributed by atoms with van der Waals surface area (Å²) >= 11 is 1.74. The van der Waals surface area contributed by atoms with E-state index in [2.05, 4.69) is 22.8 Å². The van der Waals surface area contributed by atoms with Crippen molar-refractivity contribution in [1.29, 1.82) is 0 Å². The van der Waals surface area contributed by atoms with E-state index in [0.717, 1.165) is 11.3 Å². The molecule has 21 heavy (non-hydrogen) atoms. The maximum absolute atomic E-state index is 11.2. The molecule has 110 valence electrons. The monoisotopic (exact) mass is 302 g/mol. The lowest BCUT2D eigenvalue weighted by atomic mass is 10.1. The van der Waals surface area contributed by atoms with Crippen LogP contribution in [-0.4, -0.2) is 4.92 Å². The summed E-state index contributed by atoms with van der Waals surface area (Å²) in [7, 11) is 0. The van der Waals surface area contributed by atoms with Crippen molar-refractivity contribution >= 4 is 22.7 Å². The zero-order valence-electron chi connectivity index (χ0n) is 11.9. The third kappa shape index (κ3) is 3.08. The first-order chi connectivity index (χ1) is 10.2. The second kappa shape index (κ2) is 5.85. The minimum absolute atomic E-state index is 0.211. The van der Waals surface area contributed by atoms with Gasteiger partial charge >= 0.3 is 0 Å². The van der Waals surface area contributed by atoms with Crippen molar-refractivity contribution in [3.63, 3.8) is 0 Å². The Hall–Kier alpha value is -1.88. The average Bonchev–Trinajstić information content (AvgIpc) is 3.18. The van der Waals surface area contributed by atoms with Crippen LogP contribution in [-0.2, 0) is 6.42 Å². The first kappa shape index (κ1) is 14.1. The van der Waals surface area contributed by atoms with Crippen LogP contribution in [0.5, 0.6) is 0 Å². The summed E-state index contributed by atoms with van der Waals surface area (Å²) in [6, 6.07) is 9.95. The third-order valence-electron chi connectivity index (χ3n) is 3.93. The maximum atomic E-state index is 11.2. The summed E-state index contributed by atoms with van der Waals surface area (Å²) in [5, 5.41) is 16.7. The van der Waals surface area contributed by atoms with Crippen LogP contribution in [0.15, 0.2) is 35.7 Å². The Morgan fingerprint density at radius 3 is 2.81 bits per heavy atom. The molecule has 3 rings (SSSR count). The van der Waals surface area contributed by atoms with Gasteiger partial charge in [0.05, 0.1) is 11.0 Å². The highest BCUT2D eigenvalue weighted by atomic mass is 32.1. The normalized spacial score (nSPS) is 15.7.